The van der Waals surface area contributed by atoms with Gasteiger partial charge < -0.3 is 10.6 Å². The minimum Gasteiger partial charge on any atom is -0.329 e. The van der Waals surface area contributed by atoms with Gasteiger partial charge in [0.25, 0.3) is 0 Å². The normalized spacial score (nSPS) is 13.3. The Hall–Kier alpha value is -0.380. The van der Waals surface area contributed by atoms with Crippen LogP contribution in [0.15, 0.2) is 22.7 Å². The van der Waals surface area contributed by atoms with Gasteiger partial charge in [0.2, 0.25) is 0 Å². The lowest BCUT2D eigenvalue weighted by atomic mass is 10.0. The maximum absolute atomic E-state index is 5.74. The zero-order valence-electron chi connectivity index (χ0n) is 8.92. The van der Waals surface area contributed by atoms with Crippen LogP contribution in [0.2, 0.25) is 0 Å². The van der Waals surface area contributed by atoms with Crippen molar-refractivity contribution in [2.75, 3.05) is 20.6 Å². The molecule has 1 atom stereocenters. The molecule has 1 aromatic rings. The number of hydrogen-bond acceptors (Lipinski definition) is 2. The van der Waals surface area contributed by atoms with Gasteiger partial charge in [0.15, 0.2) is 0 Å². The van der Waals surface area contributed by atoms with E-state index >= 15 is 0 Å². The summed E-state index contributed by atoms with van der Waals surface area (Å²) in [5.74, 6) is 0. The first kappa shape index (κ1) is 11.7. The Kier molecular flexibility index (Phi) is 4.11. The first-order valence-corrected chi connectivity index (χ1v) is 5.48. The molecule has 1 aromatic carbocycles. The summed E-state index contributed by atoms with van der Waals surface area (Å²) in [5, 5.41) is 0. The van der Waals surface area contributed by atoms with E-state index in [9.17, 15) is 0 Å². The highest BCUT2D eigenvalue weighted by molar-refractivity contribution is 9.10. The van der Waals surface area contributed by atoms with Crippen LogP contribution in [0.5, 0.6) is 0 Å². The Morgan fingerprint density at radius 1 is 1.43 bits per heavy atom. The average molecular weight is 257 g/mol. The smallest absolute Gasteiger partial charge is 0.0465 e. The second-order valence-corrected chi connectivity index (χ2v) is 4.58. The predicted octanol–water partition coefficient (Wildman–Crippen LogP) is 2.32. The van der Waals surface area contributed by atoms with E-state index < -0.39 is 0 Å². The number of likely N-dealkylation sites (N-methyl/N-ethyl adjacent to an activating group) is 1. The molecule has 0 saturated heterocycles. The third-order valence-corrected chi connectivity index (χ3v) is 3.28. The minimum atomic E-state index is 0.298. The molecule has 0 heterocycles. The summed E-state index contributed by atoms with van der Waals surface area (Å²) in [6, 6.07) is 6.70. The summed E-state index contributed by atoms with van der Waals surface area (Å²) in [5.41, 5.74) is 8.25. The first-order chi connectivity index (χ1) is 6.56. The van der Waals surface area contributed by atoms with Crippen molar-refractivity contribution in [3.8, 4) is 0 Å². The summed E-state index contributed by atoms with van der Waals surface area (Å²) in [4.78, 5) is 2.14. The molecule has 0 aliphatic rings. The molecule has 14 heavy (non-hydrogen) atoms. The highest BCUT2D eigenvalue weighted by Gasteiger charge is 2.12. The van der Waals surface area contributed by atoms with E-state index in [2.05, 4.69) is 46.0 Å². The molecule has 0 radical (unpaired) electrons. The Balaban J connectivity index is 3.00. The van der Waals surface area contributed by atoms with Crippen LogP contribution in [0.25, 0.3) is 0 Å². The Morgan fingerprint density at radius 2 is 2.07 bits per heavy atom. The van der Waals surface area contributed by atoms with Crippen molar-refractivity contribution >= 4 is 15.9 Å². The number of halogens is 1. The molecule has 1 unspecified atom stereocenters. The Morgan fingerprint density at radius 3 is 2.50 bits per heavy atom. The zero-order valence-corrected chi connectivity index (χ0v) is 10.5. The SMILES string of the molecule is Cc1ccc(C(CN)N(C)C)cc1Br. The van der Waals surface area contributed by atoms with E-state index in [-0.39, 0.29) is 0 Å². The molecule has 78 valence electrons. The Labute approximate surface area is 94.2 Å². The number of nitrogens with zero attached hydrogens (tertiary/aromatic N) is 1. The van der Waals surface area contributed by atoms with Crippen LogP contribution < -0.4 is 5.73 Å². The van der Waals surface area contributed by atoms with E-state index in [0.29, 0.717) is 12.6 Å². The fourth-order valence-electron chi connectivity index (χ4n) is 1.46. The molecule has 1 rings (SSSR count). The van der Waals surface area contributed by atoms with E-state index in [1.807, 2.05) is 14.1 Å². The topological polar surface area (TPSA) is 29.3 Å². The quantitative estimate of drug-likeness (QED) is 0.900. The van der Waals surface area contributed by atoms with Gasteiger partial charge in [0, 0.05) is 17.1 Å². The molecule has 0 spiro atoms. The summed E-state index contributed by atoms with van der Waals surface area (Å²) in [6.07, 6.45) is 0. The number of rotatable bonds is 3. The lowest BCUT2D eigenvalue weighted by Gasteiger charge is -2.23. The molecule has 0 saturated carbocycles. The number of aryl methyl sites for hydroxylation is 1. The predicted molar refractivity (Wildman–Crippen MR) is 64.4 cm³/mol. The van der Waals surface area contributed by atoms with E-state index in [4.69, 9.17) is 5.73 Å². The van der Waals surface area contributed by atoms with Gasteiger partial charge in [-0.3, -0.25) is 0 Å². The fourth-order valence-corrected chi connectivity index (χ4v) is 1.86. The maximum Gasteiger partial charge on any atom is 0.0465 e. The molecular formula is C11H17BrN2. The summed E-state index contributed by atoms with van der Waals surface area (Å²) in [7, 11) is 4.09. The van der Waals surface area contributed by atoms with E-state index in [0.717, 1.165) is 4.47 Å². The van der Waals surface area contributed by atoms with Gasteiger partial charge in [0.1, 0.15) is 0 Å². The van der Waals surface area contributed by atoms with Crippen LogP contribution >= 0.6 is 15.9 Å². The van der Waals surface area contributed by atoms with Gasteiger partial charge >= 0.3 is 0 Å². The van der Waals surface area contributed by atoms with Crippen molar-refractivity contribution in [2.45, 2.75) is 13.0 Å². The van der Waals surface area contributed by atoms with Crippen LogP contribution in [-0.4, -0.2) is 25.5 Å². The minimum absolute atomic E-state index is 0.298. The van der Waals surface area contributed by atoms with Crippen LogP contribution in [0.3, 0.4) is 0 Å². The molecule has 3 heteroatoms. The monoisotopic (exact) mass is 256 g/mol. The number of nitrogens with two attached hydrogens (primary N) is 1. The second-order valence-electron chi connectivity index (χ2n) is 3.72. The first-order valence-electron chi connectivity index (χ1n) is 4.68. The molecule has 0 aromatic heterocycles. The van der Waals surface area contributed by atoms with Crippen molar-refractivity contribution in [1.82, 2.24) is 4.90 Å². The third kappa shape index (κ3) is 2.56. The highest BCUT2D eigenvalue weighted by Crippen LogP contribution is 2.23. The maximum atomic E-state index is 5.74. The van der Waals surface area contributed by atoms with Crippen LogP contribution in [0.4, 0.5) is 0 Å². The van der Waals surface area contributed by atoms with Crippen molar-refractivity contribution in [2.24, 2.45) is 5.73 Å². The highest BCUT2D eigenvalue weighted by atomic mass is 79.9. The Bertz CT molecular complexity index is 310. The summed E-state index contributed by atoms with van der Waals surface area (Å²) >= 11 is 3.53. The molecule has 2 N–H and O–H groups in total. The molecule has 2 nitrogen and oxygen atoms in total. The molecule has 0 amide bonds. The third-order valence-electron chi connectivity index (χ3n) is 2.43. The molecule has 0 aliphatic heterocycles. The largest absolute Gasteiger partial charge is 0.329 e. The van der Waals surface area contributed by atoms with Crippen LogP contribution in [0.1, 0.15) is 17.2 Å². The van der Waals surface area contributed by atoms with Crippen LogP contribution in [-0.2, 0) is 0 Å². The van der Waals surface area contributed by atoms with Gasteiger partial charge in [-0.2, -0.15) is 0 Å². The van der Waals surface area contributed by atoms with Crippen molar-refractivity contribution in [1.29, 1.82) is 0 Å². The van der Waals surface area contributed by atoms with Crippen LogP contribution in [0, 0.1) is 6.92 Å². The fraction of sp³-hybridized carbons (Fsp3) is 0.455. The van der Waals surface area contributed by atoms with Gasteiger partial charge in [-0.1, -0.05) is 28.1 Å². The number of benzene rings is 1. The van der Waals surface area contributed by atoms with E-state index in [1.54, 1.807) is 0 Å². The molecule has 0 bridgehead atoms. The lowest BCUT2D eigenvalue weighted by molar-refractivity contribution is 0.306. The van der Waals surface area contributed by atoms with Gasteiger partial charge in [-0.05, 0) is 38.2 Å². The average Bonchev–Trinajstić information content (AvgIpc) is 2.11. The summed E-state index contributed by atoms with van der Waals surface area (Å²) < 4.78 is 1.15. The van der Waals surface area contributed by atoms with E-state index in [1.165, 1.54) is 11.1 Å². The molecule has 0 aliphatic carbocycles. The second kappa shape index (κ2) is 4.91. The van der Waals surface area contributed by atoms with Crippen molar-refractivity contribution in [3.63, 3.8) is 0 Å². The van der Waals surface area contributed by atoms with Gasteiger partial charge in [0.05, 0.1) is 0 Å². The number of hydrogen-bond donors (Lipinski definition) is 1. The van der Waals surface area contributed by atoms with Crippen molar-refractivity contribution in [3.05, 3.63) is 33.8 Å². The molecule has 0 fully saturated rings. The van der Waals surface area contributed by atoms with Crippen molar-refractivity contribution < 1.29 is 0 Å². The van der Waals surface area contributed by atoms with Gasteiger partial charge in [-0.25, -0.2) is 0 Å². The standard InChI is InChI=1S/C11H17BrN2/c1-8-4-5-9(6-10(8)12)11(7-13)14(2)3/h4-6,11H,7,13H2,1-3H3. The zero-order chi connectivity index (χ0) is 10.7. The lowest BCUT2D eigenvalue weighted by Crippen LogP contribution is -2.27. The van der Waals surface area contributed by atoms with Gasteiger partial charge in [-0.15, -0.1) is 0 Å². The molecular weight excluding hydrogens is 240 g/mol. The summed E-state index contributed by atoms with van der Waals surface area (Å²) in [6.45, 7) is 2.73.